The highest BCUT2D eigenvalue weighted by Gasteiger charge is 2.37. The molecule has 0 bridgehead atoms. The number of nitrogens with two attached hydrogens (primary N) is 1. The predicted molar refractivity (Wildman–Crippen MR) is 92.2 cm³/mol. The van der Waals surface area contributed by atoms with Crippen molar-refractivity contribution >= 4 is 17.9 Å². The monoisotopic (exact) mass is 322 g/mol. The van der Waals surface area contributed by atoms with Crippen LogP contribution < -0.4 is 5.73 Å². The second kappa shape index (κ2) is 7.12. The van der Waals surface area contributed by atoms with Gasteiger partial charge in [0.25, 0.3) is 0 Å². The number of benzene rings is 1. The Labute approximate surface area is 138 Å². The first kappa shape index (κ1) is 17.5. The van der Waals surface area contributed by atoms with Crippen LogP contribution in [0.15, 0.2) is 24.3 Å². The zero-order chi connectivity index (χ0) is 16.3. The summed E-state index contributed by atoms with van der Waals surface area (Å²) >= 11 is 6.00. The number of halogens is 1. The fourth-order valence-electron chi connectivity index (χ4n) is 3.60. The van der Waals surface area contributed by atoms with Gasteiger partial charge in [-0.25, -0.2) is 0 Å². The van der Waals surface area contributed by atoms with E-state index in [0.29, 0.717) is 5.92 Å². The van der Waals surface area contributed by atoms with Gasteiger partial charge >= 0.3 is 0 Å². The number of hydrogen-bond acceptors (Lipinski definition) is 3. The van der Waals surface area contributed by atoms with E-state index in [2.05, 4.69) is 37.8 Å². The zero-order valence-corrected chi connectivity index (χ0v) is 14.5. The molecule has 0 radical (unpaired) electrons. The molecule has 1 fully saturated rings. The fraction of sp³-hybridized carbons (Fsp3) is 0.611. The standard InChI is InChI=1S/C18H27ClN2O/c1-13(17(20)11-22)10-21-9-8-16(18(2,3)12-21)14-4-6-15(19)7-5-14/h4-7,11,13,16-17H,8-10,12,20H2,1-3H3/t13?,16?,17-/m0/s1. The van der Waals surface area contributed by atoms with E-state index >= 15 is 0 Å². The number of carbonyl (C=O) groups excluding carboxylic acids is 1. The Morgan fingerprint density at radius 1 is 1.41 bits per heavy atom. The van der Waals surface area contributed by atoms with Crippen LogP contribution in [-0.2, 0) is 4.79 Å². The SMILES string of the molecule is CC(CN1CCC(c2ccc(Cl)cc2)C(C)(C)C1)[C@@H](N)C=O. The van der Waals surface area contributed by atoms with Crippen molar-refractivity contribution in [1.29, 1.82) is 0 Å². The van der Waals surface area contributed by atoms with Gasteiger partial charge in [-0.1, -0.05) is 44.5 Å². The Morgan fingerprint density at radius 3 is 2.59 bits per heavy atom. The molecule has 3 atom stereocenters. The van der Waals surface area contributed by atoms with Gasteiger partial charge in [0.05, 0.1) is 6.04 Å². The van der Waals surface area contributed by atoms with Gasteiger partial charge < -0.3 is 15.4 Å². The lowest BCUT2D eigenvalue weighted by Gasteiger charge is -2.45. The van der Waals surface area contributed by atoms with Gasteiger partial charge in [0.15, 0.2) is 0 Å². The lowest BCUT2D eigenvalue weighted by Crippen LogP contribution is -2.48. The van der Waals surface area contributed by atoms with E-state index < -0.39 is 0 Å². The quantitative estimate of drug-likeness (QED) is 0.846. The molecule has 2 rings (SSSR count). The van der Waals surface area contributed by atoms with Crippen molar-refractivity contribution < 1.29 is 4.79 Å². The van der Waals surface area contributed by atoms with Crippen LogP contribution in [0.25, 0.3) is 0 Å². The highest BCUT2D eigenvalue weighted by molar-refractivity contribution is 6.30. The molecule has 4 heteroatoms. The van der Waals surface area contributed by atoms with Gasteiger partial charge in [0.1, 0.15) is 6.29 Å². The maximum Gasteiger partial charge on any atom is 0.137 e. The van der Waals surface area contributed by atoms with Gasteiger partial charge in [-0.05, 0) is 47.9 Å². The largest absolute Gasteiger partial charge is 0.321 e. The van der Waals surface area contributed by atoms with E-state index in [0.717, 1.165) is 37.4 Å². The molecule has 22 heavy (non-hydrogen) atoms. The number of nitrogens with zero attached hydrogens (tertiary/aromatic N) is 1. The molecule has 0 aromatic heterocycles. The van der Waals surface area contributed by atoms with Crippen molar-refractivity contribution in [2.45, 2.75) is 39.2 Å². The first-order valence-corrected chi connectivity index (χ1v) is 8.40. The average molecular weight is 323 g/mol. The number of likely N-dealkylation sites (tertiary alicyclic amines) is 1. The molecule has 1 aromatic rings. The van der Waals surface area contributed by atoms with Crippen molar-refractivity contribution in [1.82, 2.24) is 4.90 Å². The highest BCUT2D eigenvalue weighted by atomic mass is 35.5. The number of piperidine rings is 1. The summed E-state index contributed by atoms with van der Waals surface area (Å²) in [5.74, 6) is 0.733. The molecule has 0 aliphatic carbocycles. The van der Waals surface area contributed by atoms with E-state index in [-0.39, 0.29) is 17.4 Å². The van der Waals surface area contributed by atoms with Crippen LogP contribution in [0.3, 0.4) is 0 Å². The Kier molecular flexibility index (Phi) is 5.65. The lowest BCUT2D eigenvalue weighted by molar-refractivity contribution is -0.110. The third-order valence-corrected chi connectivity index (χ3v) is 5.19. The minimum Gasteiger partial charge on any atom is -0.321 e. The number of hydrogen-bond donors (Lipinski definition) is 1. The molecule has 3 nitrogen and oxygen atoms in total. The number of carbonyl (C=O) groups is 1. The van der Waals surface area contributed by atoms with Gasteiger partial charge in [-0.3, -0.25) is 0 Å². The summed E-state index contributed by atoms with van der Waals surface area (Å²) in [6.45, 7) is 9.66. The van der Waals surface area contributed by atoms with Crippen molar-refractivity contribution in [3.63, 3.8) is 0 Å². The van der Waals surface area contributed by atoms with E-state index in [9.17, 15) is 4.79 Å². The predicted octanol–water partition coefficient (Wildman–Crippen LogP) is 3.32. The Bertz CT molecular complexity index is 500. The van der Waals surface area contributed by atoms with Crippen LogP contribution >= 0.6 is 11.6 Å². The van der Waals surface area contributed by atoms with Gasteiger partial charge in [0, 0.05) is 18.1 Å². The third-order valence-electron chi connectivity index (χ3n) is 4.94. The van der Waals surface area contributed by atoms with Crippen LogP contribution in [0.1, 0.15) is 38.7 Å². The minimum atomic E-state index is -0.364. The second-order valence-corrected chi connectivity index (χ2v) is 7.74. The molecular formula is C18H27ClN2O. The molecule has 2 N–H and O–H groups in total. The van der Waals surface area contributed by atoms with Crippen molar-refractivity contribution in [2.75, 3.05) is 19.6 Å². The maximum atomic E-state index is 10.8. The average Bonchev–Trinajstić information content (AvgIpc) is 2.47. The summed E-state index contributed by atoms with van der Waals surface area (Å²) in [7, 11) is 0. The molecular weight excluding hydrogens is 296 g/mol. The fourth-order valence-corrected chi connectivity index (χ4v) is 3.73. The van der Waals surface area contributed by atoms with E-state index in [4.69, 9.17) is 17.3 Å². The van der Waals surface area contributed by atoms with Gasteiger partial charge in [-0.15, -0.1) is 0 Å². The first-order valence-electron chi connectivity index (χ1n) is 8.02. The van der Waals surface area contributed by atoms with Crippen LogP contribution in [0.4, 0.5) is 0 Å². The van der Waals surface area contributed by atoms with E-state index in [1.165, 1.54) is 5.56 Å². The Balaban J connectivity index is 2.03. The molecule has 122 valence electrons. The molecule has 0 amide bonds. The molecule has 1 aliphatic heterocycles. The summed E-state index contributed by atoms with van der Waals surface area (Å²) in [5, 5.41) is 0.788. The highest BCUT2D eigenvalue weighted by Crippen LogP contribution is 2.42. The molecule has 0 spiro atoms. The van der Waals surface area contributed by atoms with Gasteiger partial charge in [0.2, 0.25) is 0 Å². The summed E-state index contributed by atoms with van der Waals surface area (Å²) in [5.41, 5.74) is 7.39. The molecule has 1 aliphatic rings. The lowest BCUT2D eigenvalue weighted by atomic mass is 9.70. The van der Waals surface area contributed by atoms with Crippen LogP contribution in [0, 0.1) is 11.3 Å². The first-order chi connectivity index (χ1) is 10.3. The minimum absolute atomic E-state index is 0.192. The molecule has 0 saturated carbocycles. The van der Waals surface area contributed by atoms with Crippen LogP contribution in [-0.4, -0.2) is 36.9 Å². The number of aldehydes is 1. The summed E-state index contributed by atoms with van der Waals surface area (Å²) < 4.78 is 0. The van der Waals surface area contributed by atoms with E-state index in [1.54, 1.807) is 0 Å². The molecule has 1 heterocycles. The molecule has 1 aromatic carbocycles. The summed E-state index contributed by atoms with van der Waals surface area (Å²) in [4.78, 5) is 13.3. The Morgan fingerprint density at radius 2 is 2.05 bits per heavy atom. The van der Waals surface area contributed by atoms with Crippen LogP contribution in [0.5, 0.6) is 0 Å². The van der Waals surface area contributed by atoms with Crippen molar-refractivity contribution in [3.05, 3.63) is 34.9 Å². The second-order valence-electron chi connectivity index (χ2n) is 7.31. The summed E-state index contributed by atoms with van der Waals surface area (Å²) in [6, 6.07) is 7.89. The number of rotatable bonds is 5. The zero-order valence-electron chi connectivity index (χ0n) is 13.8. The Hall–Kier alpha value is -0.900. The van der Waals surface area contributed by atoms with E-state index in [1.807, 2.05) is 12.1 Å². The van der Waals surface area contributed by atoms with Crippen molar-refractivity contribution in [3.8, 4) is 0 Å². The van der Waals surface area contributed by atoms with Crippen molar-refractivity contribution in [2.24, 2.45) is 17.1 Å². The van der Waals surface area contributed by atoms with Gasteiger partial charge in [-0.2, -0.15) is 0 Å². The topological polar surface area (TPSA) is 46.3 Å². The summed E-state index contributed by atoms with van der Waals surface area (Å²) in [6.07, 6.45) is 1.98. The third kappa shape index (κ3) is 4.09. The maximum absolute atomic E-state index is 10.8. The normalized spacial score (nSPS) is 24.7. The molecule has 1 saturated heterocycles. The van der Waals surface area contributed by atoms with Crippen LogP contribution in [0.2, 0.25) is 5.02 Å². The smallest absolute Gasteiger partial charge is 0.137 e. The molecule has 2 unspecified atom stereocenters.